The number of hydrogen-bond donors (Lipinski definition) is 0. The van der Waals surface area contributed by atoms with Gasteiger partial charge in [0, 0.05) is 0 Å². The minimum atomic E-state index is -3.60. The van der Waals surface area contributed by atoms with Crippen molar-refractivity contribution in [2.24, 2.45) is 0 Å². The fourth-order valence-electron chi connectivity index (χ4n) is 9.34. The molecule has 2 unspecified atom stereocenters. The summed E-state index contributed by atoms with van der Waals surface area (Å²) < 4.78 is 6.76. The summed E-state index contributed by atoms with van der Waals surface area (Å²) in [7, 11) is 0. The van der Waals surface area contributed by atoms with E-state index in [9.17, 15) is 0 Å². The van der Waals surface area contributed by atoms with E-state index in [0.717, 1.165) is 12.8 Å². The molecule has 0 heterocycles. The molecule has 48 heavy (non-hydrogen) atoms. The summed E-state index contributed by atoms with van der Waals surface area (Å²) >= 11 is -2.19. The van der Waals surface area contributed by atoms with Gasteiger partial charge in [0.1, 0.15) is 0 Å². The first kappa shape index (κ1) is 35.2. The molecule has 0 saturated carbocycles. The maximum atomic E-state index is 2.82. The summed E-state index contributed by atoms with van der Waals surface area (Å²) in [5, 5.41) is 5.31. The van der Waals surface area contributed by atoms with Crippen LogP contribution in [0, 0.1) is 0 Å². The monoisotopic (exact) mass is 806 g/mol. The molecule has 8 rings (SSSR count). The molecule has 2 aliphatic rings. The van der Waals surface area contributed by atoms with Gasteiger partial charge in [0.05, 0.1) is 0 Å². The molecule has 0 radical (unpaired) electrons. The summed E-state index contributed by atoms with van der Waals surface area (Å²) in [5.41, 5.74) is 15.0. The van der Waals surface area contributed by atoms with Gasteiger partial charge in [-0.15, -0.1) is 24.8 Å². The first-order valence-electron chi connectivity index (χ1n) is 17.0. The topological polar surface area (TPSA) is 0 Å². The van der Waals surface area contributed by atoms with Crippen LogP contribution < -0.4 is 0 Å². The third-order valence-electron chi connectivity index (χ3n) is 11.2. The molecular weight excluding hydrogens is 763 g/mol. The van der Waals surface area contributed by atoms with Crippen molar-refractivity contribution in [1.29, 1.82) is 0 Å². The van der Waals surface area contributed by atoms with Crippen LogP contribution in [0.3, 0.4) is 0 Å². The minimum absolute atomic E-state index is 0. The second kappa shape index (κ2) is 13.2. The maximum absolute atomic E-state index is 3.60. The zero-order valence-corrected chi connectivity index (χ0v) is 35.4. The van der Waals surface area contributed by atoms with Gasteiger partial charge >= 0.3 is 282 Å². The van der Waals surface area contributed by atoms with Crippen molar-refractivity contribution in [2.45, 2.75) is 43.2 Å². The third-order valence-corrected chi connectivity index (χ3v) is 34.0. The molecule has 2 aliphatic carbocycles. The van der Waals surface area contributed by atoms with E-state index in [2.05, 4.69) is 157 Å². The van der Waals surface area contributed by atoms with E-state index in [4.69, 9.17) is 0 Å². The molecule has 0 bridgehead atoms. The van der Waals surface area contributed by atoms with E-state index in [0.29, 0.717) is 7.25 Å². The van der Waals surface area contributed by atoms with Gasteiger partial charge in [0.15, 0.2) is 0 Å². The van der Waals surface area contributed by atoms with E-state index in [1.165, 1.54) is 67.1 Å². The first-order chi connectivity index (χ1) is 22.3. The zero-order valence-electron chi connectivity index (χ0n) is 28.3. The van der Waals surface area contributed by atoms with Crippen LogP contribution >= 0.6 is 24.8 Å². The van der Waals surface area contributed by atoms with Crippen molar-refractivity contribution in [3.8, 4) is 22.3 Å². The van der Waals surface area contributed by atoms with Crippen molar-refractivity contribution in [1.82, 2.24) is 0 Å². The van der Waals surface area contributed by atoms with Crippen molar-refractivity contribution < 1.29 is 15.7 Å². The Hall–Kier alpha value is -2.67. The summed E-state index contributed by atoms with van der Waals surface area (Å²) in [6, 6.07) is 45.7. The number of rotatable bonds is 6. The van der Waals surface area contributed by atoms with Gasteiger partial charge in [-0.05, 0) is 0 Å². The smallest absolute Gasteiger partial charge is 0.147 e. The number of fused-ring (bicyclic) bond motifs is 4. The van der Waals surface area contributed by atoms with Gasteiger partial charge in [-0.1, -0.05) is 0 Å². The van der Waals surface area contributed by atoms with Crippen LogP contribution in [0.2, 0.25) is 9.26 Å². The molecule has 4 heteroatoms. The Morgan fingerprint density at radius 2 is 0.833 bits per heavy atom. The normalized spacial score (nSPS) is 16.9. The summed E-state index contributed by atoms with van der Waals surface area (Å²) in [4.78, 5) is 0. The minimum Gasteiger partial charge on any atom is -0.147 e. The maximum Gasteiger partial charge on any atom is -0.147 e. The average Bonchev–Trinajstić information content (AvgIpc) is 3.68. The molecule has 0 nitrogen and oxygen atoms in total. The molecule has 6 aromatic carbocycles. The van der Waals surface area contributed by atoms with Crippen molar-refractivity contribution in [2.75, 3.05) is 0 Å². The SMILES string of the molecule is CCC1=Cc2c(-c3cccc4ccccc34)cccc2[CH]1[Zr]([CH3])([CH3])(=[GeH2])[CH]1C(CC)=Cc2c(-c3cccc4ccccc34)cccc21.Cl.Cl. The van der Waals surface area contributed by atoms with Gasteiger partial charge in [0.25, 0.3) is 0 Å². The van der Waals surface area contributed by atoms with Gasteiger partial charge in [-0.2, -0.15) is 0 Å². The summed E-state index contributed by atoms with van der Waals surface area (Å²) in [6.45, 7) is 4.79. The molecule has 0 aliphatic heterocycles. The molecule has 0 fully saturated rings. The van der Waals surface area contributed by atoms with E-state index >= 15 is 0 Å². The molecule has 0 N–H and O–H groups in total. The summed E-state index contributed by atoms with van der Waals surface area (Å²) in [6.07, 6.45) is 7.46. The fourth-order valence-corrected chi connectivity index (χ4v) is 35.8. The van der Waals surface area contributed by atoms with Crippen LogP contribution in [0.4, 0.5) is 0 Å². The van der Waals surface area contributed by atoms with Crippen molar-refractivity contribution in [3.63, 3.8) is 0 Å². The Balaban J connectivity index is 0.00000201. The molecule has 0 amide bonds. The largest absolute Gasteiger partial charge is 0.147 e. The quantitative estimate of drug-likeness (QED) is 0.147. The van der Waals surface area contributed by atoms with Crippen molar-refractivity contribution >= 4 is 70.7 Å². The second-order valence-electron chi connectivity index (χ2n) is 14.6. The second-order valence-corrected chi connectivity index (χ2v) is 59.6. The molecular formula is C44H44Cl2GeZr. The Labute approximate surface area is 303 Å². The average molecular weight is 808 g/mol. The Morgan fingerprint density at radius 1 is 0.479 bits per heavy atom. The van der Waals surface area contributed by atoms with E-state index in [1.54, 1.807) is 22.3 Å². The summed E-state index contributed by atoms with van der Waals surface area (Å²) in [5.74, 6) is 0. The van der Waals surface area contributed by atoms with Gasteiger partial charge in [-0.25, -0.2) is 0 Å². The molecule has 6 aromatic rings. The number of allylic oxidation sites excluding steroid dienone is 2. The van der Waals surface area contributed by atoms with Gasteiger partial charge in [0.2, 0.25) is 0 Å². The van der Waals surface area contributed by atoms with Crippen LogP contribution in [0.5, 0.6) is 0 Å². The molecule has 0 spiro atoms. The molecule has 0 aromatic heterocycles. The van der Waals surface area contributed by atoms with Gasteiger partial charge in [-0.3, -0.25) is 0 Å². The van der Waals surface area contributed by atoms with E-state index in [1.807, 2.05) is 0 Å². The first-order valence-corrected chi connectivity index (χ1v) is 35.3. The standard InChI is InChI=1S/2C21H17.2CH3.2ClH.GeH2.Zr/c2*1-2-15-13-17-9-6-12-20(21(17)14-15)19-11-5-8-16-7-3-4-10-18(16)19;;;;;;/h2*3-14H,2H2,1H3;2*1H3;2*1H;1H2;. The van der Waals surface area contributed by atoms with Gasteiger partial charge < -0.3 is 0 Å². The number of hydrogen-bond acceptors (Lipinski definition) is 0. The predicted octanol–water partition coefficient (Wildman–Crippen LogP) is 12.9. The Kier molecular flexibility index (Phi) is 9.69. The zero-order chi connectivity index (χ0) is 31.7. The Bertz CT molecular complexity index is 2170. The molecule has 2 atom stereocenters. The van der Waals surface area contributed by atoms with E-state index < -0.39 is 15.7 Å². The number of benzene rings is 6. The fraction of sp³-hybridized carbons (Fsp3) is 0.182. The van der Waals surface area contributed by atoms with Crippen LogP contribution in [0.1, 0.15) is 56.2 Å². The Morgan fingerprint density at radius 3 is 1.25 bits per heavy atom. The molecule has 242 valence electrons. The predicted molar refractivity (Wildman–Crippen MR) is 216 cm³/mol. The van der Waals surface area contributed by atoms with Crippen LogP contribution in [-0.4, -0.2) is 12.1 Å². The molecule has 0 saturated heterocycles. The third kappa shape index (κ3) is 5.45. The van der Waals surface area contributed by atoms with E-state index in [-0.39, 0.29) is 24.8 Å². The van der Waals surface area contributed by atoms with Crippen LogP contribution in [-0.2, 0) is 15.7 Å². The number of halogens is 2. The van der Waals surface area contributed by atoms with Crippen LogP contribution in [0.15, 0.2) is 132 Å². The van der Waals surface area contributed by atoms with Crippen molar-refractivity contribution in [3.05, 3.63) is 155 Å². The van der Waals surface area contributed by atoms with Crippen LogP contribution in [0.25, 0.3) is 56.0 Å².